The third-order valence-electron chi connectivity index (χ3n) is 2.41. The largest absolute Gasteiger partial charge is 0.441 e. The highest BCUT2D eigenvalue weighted by atomic mass is 16.6. The molecule has 0 spiro atoms. The summed E-state index contributed by atoms with van der Waals surface area (Å²) in [5.41, 5.74) is 5.27. The van der Waals surface area contributed by atoms with Crippen LogP contribution in [0.2, 0.25) is 0 Å². The summed E-state index contributed by atoms with van der Waals surface area (Å²) in [4.78, 5) is 24.2. The number of ether oxygens (including phenoxy) is 1. The zero-order valence-corrected chi connectivity index (χ0v) is 9.07. The third-order valence-corrected chi connectivity index (χ3v) is 2.41. The van der Waals surface area contributed by atoms with Gasteiger partial charge in [-0.15, -0.1) is 0 Å². The van der Waals surface area contributed by atoms with Crippen LogP contribution in [-0.4, -0.2) is 36.1 Å². The van der Waals surface area contributed by atoms with Crippen molar-refractivity contribution in [2.45, 2.75) is 38.8 Å². The molecular formula is C10H18N2O3. The van der Waals surface area contributed by atoms with Crippen LogP contribution in [0, 0.1) is 0 Å². The number of hydrogen-bond donors (Lipinski definition) is 1. The maximum atomic E-state index is 11.4. The summed E-state index contributed by atoms with van der Waals surface area (Å²) in [6, 6.07) is 0. The van der Waals surface area contributed by atoms with Crippen molar-refractivity contribution in [3.63, 3.8) is 0 Å². The van der Waals surface area contributed by atoms with Crippen molar-refractivity contribution in [1.29, 1.82) is 0 Å². The van der Waals surface area contributed by atoms with Crippen LogP contribution < -0.4 is 5.73 Å². The molecule has 0 aromatic carbocycles. The van der Waals surface area contributed by atoms with E-state index < -0.39 is 0 Å². The molecule has 86 valence electrons. The predicted molar refractivity (Wildman–Crippen MR) is 54.8 cm³/mol. The first-order valence-corrected chi connectivity index (χ1v) is 5.38. The van der Waals surface area contributed by atoms with Gasteiger partial charge in [-0.05, 0) is 12.8 Å². The van der Waals surface area contributed by atoms with Gasteiger partial charge in [-0.2, -0.15) is 0 Å². The van der Waals surface area contributed by atoms with E-state index in [4.69, 9.17) is 10.5 Å². The van der Waals surface area contributed by atoms with Gasteiger partial charge in [-0.1, -0.05) is 6.92 Å². The van der Waals surface area contributed by atoms with Gasteiger partial charge >= 0.3 is 5.97 Å². The van der Waals surface area contributed by atoms with Gasteiger partial charge in [0.15, 0.2) is 6.23 Å². The molecule has 0 radical (unpaired) electrons. The van der Waals surface area contributed by atoms with Crippen molar-refractivity contribution < 1.29 is 14.3 Å². The zero-order valence-electron chi connectivity index (χ0n) is 9.07. The molecule has 1 rings (SSSR count). The second kappa shape index (κ2) is 5.70. The summed E-state index contributed by atoms with van der Waals surface area (Å²) in [7, 11) is 0. The van der Waals surface area contributed by atoms with Gasteiger partial charge in [0.05, 0.1) is 6.54 Å². The van der Waals surface area contributed by atoms with Gasteiger partial charge < -0.3 is 15.4 Å². The summed E-state index contributed by atoms with van der Waals surface area (Å²) in [5.74, 6) is -0.388. The Bertz CT molecular complexity index is 243. The highest BCUT2D eigenvalue weighted by Crippen LogP contribution is 2.18. The lowest BCUT2D eigenvalue weighted by Gasteiger charge is -2.23. The molecule has 1 amide bonds. The maximum absolute atomic E-state index is 11.4. The lowest BCUT2D eigenvalue weighted by atomic mass is 10.3. The molecule has 1 heterocycles. The number of hydrogen-bond acceptors (Lipinski definition) is 4. The molecule has 1 aliphatic heterocycles. The molecule has 2 N–H and O–H groups in total. The van der Waals surface area contributed by atoms with Crippen LogP contribution in [0.1, 0.15) is 32.6 Å². The van der Waals surface area contributed by atoms with Crippen LogP contribution in [0.5, 0.6) is 0 Å². The normalized spacial score (nSPS) is 20.4. The number of nitrogens with zero attached hydrogens (tertiary/aromatic N) is 1. The molecule has 15 heavy (non-hydrogen) atoms. The van der Waals surface area contributed by atoms with E-state index in [-0.39, 0.29) is 24.6 Å². The molecule has 1 aliphatic rings. The van der Waals surface area contributed by atoms with Crippen LogP contribution in [0.4, 0.5) is 0 Å². The van der Waals surface area contributed by atoms with Crippen LogP contribution in [-0.2, 0) is 14.3 Å². The van der Waals surface area contributed by atoms with E-state index in [9.17, 15) is 9.59 Å². The predicted octanol–water partition coefficient (Wildman–Crippen LogP) is 0.237. The number of likely N-dealkylation sites (tertiary alicyclic amines) is 1. The summed E-state index contributed by atoms with van der Waals surface area (Å²) in [6.45, 7) is 2.53. The van der Waals surface area contributed by atoms with Gasteiger partial charge in [0, 0.05) is 19.4 Å². The number of nitrogens with two attached hydrogens (primary N) is 1. The van der Waals surface area contributed by atoms with E-state index in [0.717, 1.165) is 19.3 Å². The van der Waals surface area contributed by atoms with Crippen molar-refractivity contribution >= 4 is 11.9 Å². The van der Waals surface area contributed by atoms with Crippen LogP contribution in [0.25, 0.3) is 0 Å². The number of carbonyl (C=O) groups is 2. The van der Waals surface area contributed by atoms with Gasteiger partial charge in [-0.25, -0.2) is 0 Å². The van der Waals surface area contributed by atoms with Gasteiger partial charge in [-0.3, -0.25) is 9.59 Å². The third kappa shape index (κ3) is 3.20. The Morgan fingerprint density at radius 2 is 2.27 bits per heavy atom. The van der Waals surface area contributed by atoms with E-state index in [1.54, 1.807) is 4.90 Å². The lowest BCUT2D eigenvalue weighted by Crippen LogP contribution is -2.41. The SMILES string of the molecule is CCCC(=O)OC1CCCN1C(=O)CN. The molecule has 1 atom stereocenters. The standard InChI is InChI=1S/C10H18N2O3/c1-2-4-10(14)15-9-5-3-6-12(9)8(13)7-11/h9H,2-7,11H2,1H3. The summed E-state index contributed by atoms with van der Waals surface area (Å²) in [6.07, 6.45) is 2.37. The molecule has 0 saturated carbocycles. The molecule has 1 unspecified atom stereocenters. The molecule has 5 heteroatoms. The molecule has 0 aromatic rings. The topological polar surface area (TPSA) is 72.6 Å². The highest BCUT2D eigenvalue weighted by Gasteiger charge is 2.30. The monoisotopic (exact) mass is 214 g/mol. The van der Waals surface area contributed by atoms with E-state index in [1.807, 2.05) is 6.92 Å². The second-order valence-corrected chi connectivity index (χ2v) is 3.63. The molecule has 1 fully saturated rings. The first kappa shape index (κ1) is 12.0. The fourth-order valence-corrected chi connectivity index (χ4v) is 1.68. The number of rotatable bonds is 4. The Kier molecular flexibility index (Phi) is 4.55. The van der Waals surface area contributed by atoms with E-state index in [0.29, 0.717) is 13.0 Å². The minimum Gasteiger partial charge on any atom is -0.441 e. The molecule has 0 bridgehead atoms. The fourth-order valence-electron chi connectivity index (χ4n) is 1.68. The second-order valence-electron chi connectivity index (χ2n) is 3.63. The van der Waals surface area contributed by atoms with Crippen LogP contribution in [0.15, 0.2) is 0 Å². The molecule has 5 nitrogen and oxygen atoms in total. The number of amides is 1. The van der Waals surface area contributed by atoms with E-state index in [1.165, 1.54) is 0 Å². The van der Waals surface area contributed by atoms with E-state index in [2.05, 4.69) is 0 Å². The highest BCUT2D eigenvalue weighted by molar-refractivity contribution is 5.79. The zero-order chi connectivity index (χ0) is 11.3. The summed E-state index contributed by atoms with van der Waals surface area (Å²) < 4.78 is 5.20. The van der Waals surface area contributed by atoms with E-state index >= 15 is 0 Å². The van der Waals surface area contributed by atoms with Crippen molar-refractivity contribution in [2.75, 3.05) is 13.1 Å². The average molecular weight is 214 g/mol. The number of esters is 1. The van der Waals surface area contributed by atoms with Gasteiger partial charge in [0.2, 0.25) is 5.91 Å². The Morgan fingerprint density at radius 3 is 2.87 bits per heavy atom. The fraction of sp³-hybridized carbons (Fsp3) is 0.800. The lowest BCUT2D eigenvalue weighted by molar-refractivity contribution is -0.161. The summed E-state index contributed by atoms with van der Waals surface area (Å²) >= 11 is 0. The van der Waals surface area contributed by atoms with Crippen LogP contribution in [0.3, 0.4) is 0 Å². The molecule has 1 saturated heterocycles. The Hall–Kier alpha value is -1.10. The Labute approximate surface area is 89.6 Å². The van der Waals surface area contributed by atoms with Gasteiger partial charge in [0.25, 0.3) is 0 Å². The van der Waals surface area contributed by atoms with Crippen molar-refractivity contribution in [3.8, 4) is 0 Å². The molecule has 0 aliphatic carbocycles. The van der Waals surface area contributed by atoms with Crippen LogP contribution >= 0.6 is 0 Å². The van der Waals surface area contributed by atoms with Crippen molar-refractivity contribution in [2.24, 2.45) is 5.73 Å². The minimum atomic E-state index is -0.389. The van der Waals surface area contributed by atoms with Crippen molar-refractivity contribution in [3.05, 3.63) is 0 Å². The quantitative estimate of drug-likeness (QED) is 0.680. The molecular weight excluding hydrogens is 196 g/mol. The maximum Gasteiger partial charge on any atom is 0.307 e. The first-order valence-electron chi connectivity index (χ1n) is 5.38. The smallest absolute Gasteiger partial charge is 0.307 e. The molecule has 0 aromatic heterocycles. The Balaban J connectivity index is 2.46. The minimum absolute atomic E-state index is 0.0260. The first-order chi connectivity index (χ1) is 7.19. The van der Waals surface area contributed by atoms with Gasteiger partial charge in [0.1, 0.15) is 0 Å². The summed E-state index contributed by atoms with van der Waals surface area (Å²) in [5, 5.41) is 0. The Morgan fingerprint density at radius 1 is 1.53 bits per heavy atom. The number of carbonyl (C=O) groups excluding carboxylic acids is 2. The van der Waals surface area contributed by atoms with Crippen molar-refractivity contribution in [1.82, 2.24) is 4.90 Å². The average Bonchev–Trinajstić information content (AvgIpc) is 2.65.